The second kappa shape index (κ2) is 9.22. The molecule has 1 aliphatic carbocycles. The molecule has 0 saturated heterocycles. The first-order valence-corrected chi connectivity index (χ1v) is 13.5. The van der Waals surface area contributed by atoms with Crippen LogP contribution >= 0.6 is 0 Å². The molecule has 0 bridgehead atoms. The normalized spacial score (nSPS) is 13.1. The van der Waals surface area contributed by atoms with Crippen molar-refractivity contribution in [3.63, 3.8) is 0 Å². The summed E-state index contributed by atoms with van der Waals surface area (Å²) in [6.07, 6.45) is 1.84. The highest BCUT2D eigenvalue weighted by molar-refractivity contribution is 5.84. The molecular weight excluding hydrogens is 470 g/mol. The summed E-state index contributed by atoms with van der Waals surface area (Å²) in [6.45, 7) is 4.68. The molecule has 1 aliphatic rings. The predicted molar refractivity (Wildman–Crippen MR) is 164 cm³/mol. The van der Waals surface area contributed by atoms with Gasteiger partial charge in [-0.15, -0.1) is 0 Å². The topological polar surface area (TPSA) is 12.9 Å². The van der Waals surface area contributed by atoms with Crippen molar-refractivity contribution in [1.82, 2.24) is 4.98 Å². The van der Waals surface area contributed by atoms with Gasteiger partial charge < -0.3 is 0 Å². The Bertz CT molecular complexity index is 1830. The fraction of sp³-hybridized carbons (Fsp3) is 0.0789. The second-order valence-electron chi connectivity index (χ2n) is 10.9. The van der Waals surface area contributed by atoms with Crippen molar-refractivity contribution in [2.75, 3.05) is 0 Å². The predicted octanol–water partition coefficient (Wildman–Crippen LogP) is 10.1. The van der Waals surface area contributed by atoms with Crippen molar-refractivity contribution in [2.24, 2.45) is 0 Å². The van der Waals surface area contributed by atoms with Crippen molar-refractivity contribution >= 4 is 0 Å². The molecule has 0 radical (unpaired) electrons. The van der Waals surface area contributed by atoms with Gasteiger partial charge in [-0.1, -0.05) is 111 Å². The number of rotatable bonds is 4. The maximum Gasteiger partial charge on any atom is 0.0702 e. The SMILES string of the molecule is CC1(C)c2ccccc2-c2ccc(-c3cccc(-c4cccc(-c5cccc(-c6ccccn6)c5)c4)c3)cc21. The zero-order valence-corrected chi connectivity index (χ0v) is 22.2. The van der Waals surface area contributed by atoms with E-state index < -0.39 is 0 Å². The number of hydrogen-bond donors (Lipinski definition) is 0. The summed E-state index contributed by atoms with van der Waals surface area (Å²) in [5.74, 6) is 0. The third-order valence-corrected chi connectivity index (χ3v) is 8.13. The molecule has 39 heavy (non-hydrogen) atoms. The summed E-state index contributed by atoms with van der Waals surface area (Å²) in [5, 5.41) is 0. The third-order valence-electron chi connectivity index (χ3n) is 8.13. The quantitative estimate of drug-likeness (QED) is 0.235. The van der Waals surface area contributed by atoms with E-state index >= 15 is 0 Å². The van der Waals surface area contributed by atoms with Gasteiger partial charge in [0.15, 0.2) is 0 Å². The van der Waals surface area contributed by atoms with Crippen molar-refractivity contribution in [2.45, 2.75) is 19.3 Å². The molecule has 5 aromatic carbocycles. The van der Waals surface area contributed by atoms with E-state index in [1.54, 1.807) is 0 Å². The van der Waals surface area contributed by atoms with Crippen LogP contribution in [-0.4, -0.2) is 4.98 Å². The molecule has 0 atom stereocenters. The van der Waals surface area contributed by atoms with Crippen LogP contribution in [-0.2, 0) is 5.41 Å². The Morgan fingerprint density at radius 1 is 0.410 bits per heavy atom. The van der Waals surface area contributed by atoms with Gasteiger partial charge in [-0.25, -0.2) is 0 Å². The van der Waals surface area contributed by atoms with E-state index in [9.17, 15) is 0 Å². The molecule has 0 saturated carbocycles. The lowest BCUT2D eigenvalue weighted by molar-refractivity contribution is 0.660. The minimum Gasteiger partial charge on any atom is -0.256 e. The molecule has 1 aromatic heterocycles. The van der Waals surface area contributed by atoms with E-state index in [1.165, 1.54) is 55.6 Å². The van der Waals surface area contributed by atoms with Crippen LogP contribution in [0.3, 0.4) is 0 Å². The molecule has 6 aromatic rings. The lowest BCUT2D eigenvalue weighted by Gasteiger charge is -2.22. The number of pyridine rings is 1. The largest absolute Gasteiger partial charge is 0.256 e. The number of nitrogens with zero attached hydrogens (tertiary/aromatic N) is 1. The van der Waals surface area contributed by atoms with E-state index in [0.717, 1.165) is 11.3 Å². The molecule has 0 amide bonds. The molecule has 1 heteroatoms. The average Bonchev–Trinajstić information content (AvgIpc) is 3.24. The molecule has 0 fully saturated rings. The van der Waals surface area contributed by atoms with Crippen molar-refractivity contribution in [3.8, 4) is 55.8 Å². The van der Waals surface area contributed by atoms with Gasteiger partial charge in [0.25, 0.3) is 0 Å². The van der Waals surface area contributed by atoms with Crippen LogP contribution in [0.4, 0.5) is 0 Å². The number of benzene rings is 5. The molecule has 186 valence electrons. The van der Waals surface area contributed by atoms with Crippen LogP contribution in [0.15, 0.2) is 140 Å². The Kier molecular flexibility index (Phi) is 5.52. The van der Waals surface area contributed by atoms with Gasteiger partial charge in [0, 0.05) is 17.2 Å². The van der Waals surface area contributed by atoms with Crippen LogP contribution in [0, 0.1) is 0 Å². The molecule has 1 heterocycles. The van der Waals surface area contributed by atoms with E-state index in [-0.39, 0.29) is 5.41 Å². The highest BCUT2D eigenvalue weighted by atomic mass is 14.7. The van der Waals surface area contributed by atoms with Crippen molar-refractivity contribution in [3.05, 3.63) is 151 Å². The van der Waals surface area contributed by atoms with Crippen LogP contribution < -0.4 is 0 Å². The van der Waals surface area contributed by atoms with Gasteiger partial charge in [-0.05, 0) is 92.0 Å². The Labute approximate surface area is 230 Å². The molecule has 1 nitrogen and oxygen atoms in total. The lowest BCUT2D eigenvalue weighted by atomic mass is 9.81. The Morgan fingerprint density at radius 3 is 1.54 bits per heavy atom. The van der Waals surface area contributed by atoms with Crippen LogP contribution in [0.5, 0.6) is 0 Å². The molecule has 0 unspecified atom stereocenters. The monoisotopic (exact) mass is 499 g/mol. The van der Waals surface area contributed by atoms with Gasteiger partial charge in [0.05, 0.1) is 5.69 Å². The summed E-state index contributed by atoms with van der Waals surface area (Å²) < 4.78 is 0. The molecule has 0 aliphatic heterocycles. The molecule has 7 rings (SSSR count). The van der Waals surface area contributed by atoms with Crippen molar-refractivity contribution in [1.29, 1.82) is 0 Å². The first-order valence-electron chi connectivity index (χ1n) is 13.5. The second-order valence-corrected chi connectivity index (χ2v) is 10.9. The maximum absolute atomic E-state index is 4.53. The number of aromatic nitrogens is 1. The standard InChI is InChI=1S/C38H29N/c1-38(2)35-17-4-3-16-33(35)34-20-19-31(25-36(34)38)29-13-8-11-27(23-29)26-10-7-12-28(22-26)30-14-9-15-32(24-30)37-18-5-6-21-39-37/h3-25H,1-2H3. The van der Waals surface area contributed by atoms with Gasteiger partial charge >= 0.3 is 0 Å². The minimum absolute atomic E-state index is 0.00230. The first kappa shape index (κ1) is 23.4. The fourth-order valence-corrected chi connectivity index (χ4v) is 6.03. The van der Waals surface area contributed by atoms with Crippen LogP contribution in [0.2, 0.25) is 0 Å². The summed E-state index contributed by atoms with van der Waals surface area (Å²) in [5.41, 5.74) is 15.0. The molecular formula is C38H29N. The lowest BCUT2D eigenvalue weighted by Crippen LogP contribution is -2.14. The smallest absolute Gasteiger partial charge is 0.0702 e. The highest BCUT2D eigenvalue weighted by Gasteiger charge is 2.35. The fourth-order valence-electron chi connectivity index (χ4n) is 6.03. The molecule has 0 spiro atoms. The Balaban J connectivity index is 1.24. The zero-order chi connectivity index (χ0) is 26.4. The maximum atomic E-state index is 4.53. The van der Waals surface area contributed by atoms with E-state index in [1.807, 2.05) is 18.3 Å². The minimum atomic E-state index is -0.00230. The van der Waals surface area contributed by atoms with Crippen LogP contribution in [0.25, 0.3) is 55.8 Å². The zero-order valence-electron chi connectivity index (χ0n) is 22.2. The van der Waals surface area contributed by atoms with E-state index in [4.69, 9.17) is 0 Å². The Hall–Kier alpha value is -4.75. The molecule has 0 N–H and O–H groups in total. The number of hydrogen-bond acceptors (Lipinski definition) is 1. The highest BCUT2D eigenvalue weighted by Crippen LogP contribution is 2.49. The first-order chi connectivity index (χ1) is 19.1. The third kappa shape index (κ3) is 4.08. The van der Waals surface area contributed by atoms with Crippen LogP contribution in [0.1, 0.15) is 25.0 Å². The van der Waals surface area contributed by atoms with Crippen molar-refractivity contribution < 1.29 is 0 Å². The summed E-state index contributed by atoms with van der Waals surface area (Å²) >= 11 is 0. The Morgan fingerprint density at radius 2 is 0.923 bits per heavy atom. The van der Waals surface area contributed by atoms with Gasteiger partial charge in [0.2, 0.25) is 0 Å². The summed E-state index contributed by atoms with van der Waals surface area (Å²) in [4.78, 5) is 4.53. The van der Waals surface area contributed by atoms with E-state index in [0.29, 0.717) is 0 Å². The average molecular weight is 500 g/mol. The number of fused-ring (bicyclic) bond motifs is 3. The summed E-state index contributed by atoms with van der Waals surface area (Å²) in [7, 11) is 0. The van der Waals surface area contributed by atoms with Gasteiger partial charge in [-0.3, -0.25) is 4.98 Å². The van der Waals surface area contributed by atoms with E-state index in [2.05, 4.69) is 140 Å². The van der Waals surface area contributed by atoms with Gasteiger partial charge in [-0.2, -0.15) is 0 Å². The summed E-state index contributed by atoms with van der Waals surface area (Å²) in [6, 6.07) is 48.2. The van der Waals surface area contributed by atoms with Gasteiger partial charge in [0.1, 0.15) is 0 Å².